The molecule has 0 radical (unpaired) electrons. The lowest BCUT2D eigenvalue weighted by Crippen LogP contribution is -2.44. The van der Waals surface area contributed by atoms with Crippen molar-refractivity contribution in [3.05, 3.63) is 64.1 Å². The van der Waals surface area contributed by atoms with E-state index in [1.54, 1.807) is 0 Å². The molecule has 0 bridgehead atoms. The normalized spacial score (nSPS) is 11.9. The number of alkyl halides is 3. The number of nitrogens with one attached hydrogen (secondary N) is 2. The summed E-state index contributed by atoms with van der Waals surface area (Å²) in [6, 6.07) is 6.26. The first kappa shape index (κ1) is 23.1. The zero-order valence-corrected chi connectivity index (χ0v) is 16.5. The lowest BCUT2D eigenvalue weighted by atomic mass is 10.2. The minimum atomic E-state index is -4.70. The van der Waals surface area contributed by atoms with Crippen molar-refractivity contribution >= 4 is 21.8 Å². The number of halogens is 3. The first-order valence-corrected chi connectivity index (χ1v) is 9.66. The van der Waals surface area contributed by atoms with Crippen molar-refractivity contribution in [2.45, 2.75) is 17.6 Å². The summed E-state index contributed by atoms with van der Waals surface area (Å²) in [6.45, 7) is -0.780. The molecule has 0 spiro atoms. The summed E-state index contributed by atoms with van der Waals surface area (Å²) in [5, 5.41) is 0. The highest BCUT2D eigenvalue weighted by Gasteiger charge is 2.31. The van der Waals surface area contributed by atoms with E-state index in [1.165, 1.54) is 32.3 Å². The van der Waals surface area contributed by atoms with Crippen LogP contribution in [0.4, 0.5) is 13.2 Å². The lowest BCUT2D eigenvalue weighted by molar-refractivity contribution is -0.138. The van der Waals surface area contributed by atoms with Crippen molar-refractivity contribution in [3.8, 4) is 0 Å². The van der Waals surface area contributed by atoms with Crippen molar-refractivity contribution in [2.24, 2.45) is 0 Å². The van der Waals surface area contributed by atoms with Crippen LogP contribution in [-0.4, -0.2) is 43.2 Å². The van der Waals surface area contributed by atoms with Crippen LogP contribution >= 0.6 is 0 Å². The summed E-state index contributed by atoms with van der Waals surface area (Å²) in [6.07, 6.45) is -4.21. The van der Waals surface area contributed by atoms with E-state index in [0.717, 1.165) is 10.4 Å². The maximum Gasteiger partial charge on any atom is 0.417 e. The van der Waals surface area contributed by atoms with Crippen molar-refractivity contribution in [2.75, 3.05) is 14.1 Å². The summed E-state index contributed by atoms with van der Waals surface area (Å²) in [7, 11) is -1.15. The van der Waals surface area contributed by atoms with Crippen LogP contribution in [0.3, 0.4) is 0 Å². The Morgan fingerprint density at radius 2 is 1.77 bits per heavy atom. The fraction of sp³-hybridized carbons (Fsp3) is 0.235. The first-order valence-electron chi connectivity index (χ1n) is 8.22. The van der Waals surface area contributed by atoms with Gasteiger partial charge >= 0.3 is 6.18 Å². The van der Waals surface area contributed by atoms with Gasteiger partial charge in [-0.15, -0.1) is 0 Å². The van der Waals surface area contributed by atoms with Crippen molar-refractivity contribution < 1.29 is 31.2 Å². The summed E-state index contributed by atoms with van der Waals surface area (Å²) < 4.78 is 63.9. The molecule has 2 rings (SSSR count). The molecule has 0 atom stereocenters. The van der Waals surface area contributed by atoms with Gasteiger partial charge in [0, 0.05) is 31.9 Å². The Morgan fingerprint density at radius 1 is 1.10 bits per heavy atom. The third-order valence-corrected chi connectivity index (χ3v) is 5.63. The van der Waals surface area contributed by atoms with E-state index < -0.39 is 45.7 Å². The highest BCUT2D eigenvalue weighted by Crippen LogP contribution is 2.27. The van der Waals surface area contributed by atoms with Gasteiger partial charge in [0.2, 0.25) is 10.0 Å². The smallest absolute Gasteiger partial charge is 0.305 e. The van der Waals surface area contributed by atoms with Gasteiger partial charge in [0.05, 0.1) is 10.5 Å². The zero-order valence-electron chi connectivity index (χ0n) is 15.7. The summed E-state index contributed by atoms with van der Waals surface area (Å²) >= 11 is 0. The molecule has 1 aromatic carbocycles. The molecule has 0 saturated carbocycles. The number of carbonyl (C=O) groups excluding carboxylic acids is 2. The standard InChI is InChI=1S/C17H17F3N4O5S/c1-23(2)30(28,29)13-5-3-4-11(8-13)16(27)22-21-14(25)10-24-9-12(17(18,19)20)6-7-15(24)26/h3-9H,10H2,1-2H3,(H,21,25)(H,22,27). The summed E-state index contributed by atoms with van der Waals surface area (Å²) in [5.74, 6) is -1.84. The number of amides is 2. The van der Waals surface area contributed by atoms with Gasteiger partial charge in [-0.3, -0.25) is 25.2 Å². The van der Waals surface area contributed by atoms with Gasteiger partial charge in [-0.2, -0.15) is 13.2 Å². The minimum Gasteiger partial charge on any atom is -0.305 e. The van der Waals surface area contributed by atoms with Crippen LogP contribution in [0.15, 0.2) is 52.3 Å². The second-order valence-corrected chi connectivity index (χ2v) is 8.35. The minimum absolute atomic E-state index is 0.0885. The number of rotatable bonds is 5. The monoisotopic (exact) mass is 446 g/mol. The molecule has 0 aliphatic heterocycles. The molecule has 0 fully saturated rings. The summed E-state index contributed by atoms with van der Waals surface area (Å²) in [4.78, 5) is 35.6. The van der Waals surface area contributed by atoms with E-state index in [4.69, 9.17) is 0 Å². The molecule has 0 aliphatic rings. The van der Waals surface area contributed by atoms with E-state index >= 15 is 0 Å². The number of nitrogens with zero attached hydrogens (tertiary/aromatic N) is 2. The second-order valence-electron chi connectivity index (χ2n) is 6.20. The molecule has 2 amide bonds. The van der Waals surface area contributed by atoms with Crippen LogP contribution in [0, 0.1) is 0 Å². The molecular formula is C17H17F3N4O5S. The van der Waals surface area contributed by atoms with E-state index in [9.17, 15) is 36.0 Å². The van der Waals surface area contributed by atoms with Crippen molar-refractivity contribution in [1.82, 2.24) is 19.7 Å². The van der Waals surface area contributed by atoms with Crippen LogP contribution in [0.2, 0.25) is 0 Å². The van der Waals surface area contributed by atoms with Crippen LogP contribution in [-0.2, 0) is 27.5 Å². The molecule has 9 nitrogen and oxygen atoms in total. The lowest BCUT2D eigenvalue weighted by Gasteiger charge is -2.13. The van der Waals surface area contributed by atoms with Gasteiger partial charge in [-0.05, 0) is 24.3 Å². The average molecular weight is 446 g/mol. The number of benzene rings is 1. The molecule has 0 aliphatic carbocycles. The van der Waals surface area contributed by atoms with Gasteiger partial charge in [-0.25, -0.2) is 12.7 Å². The zero-order chi connectivity index (χ0) is 22.7. The summed E-state index contributed by atoms with van der Waals surface area (Å²) in [5.41, 5.74) is 1.92. The average Bonchev–Trinajstić information content (AvgIpc) is 2.66. The Labute approximate surface area is 169 Å². The second kappa shape index (κ2) is 8.67. The molecule has 2 N–H and O–H groups in total. The maximum atomic E-state index is 12.7. The number of hydrogen-bond acceptors (Lipinski definition) is 5. The van der Waals surface area contributed by atoms with Crippen molar-refractivity contribution in [1.29, 1.82) is 0 Å². The van der Waals surface area contributed by atoms with E-state index in [0.29, 0.717) is 22.9 Å². The van der Waals surface area contributed by atoms with Gasteiger partial charge in [-0.1, -0.05) is 6.07 Å². The van der Waals surface area contributed by atoms with Crippen LogP contribution in [0.25, 0.3) is 0 Å². The fourth-order valence-electron chi connectivity index (χ4n) is 2.22. The molecule has 30 heavy (non-hydrogen) atoms. The topological polar surface area (TPSA) is 118 Å². The number of carbonyl (C=O) groups is 2. The SMILES string of the molecule is CN(C)S(=O)(=O)c1cccc(C(=O)NNC(=O)Cn2cc(C(F)(F)F)ccc2=O)c1. The van der Waals surface area contributed by atoms with Crippen LogP contribution in [0.5, 0.6) is 0 Å². The largest absolute Gasteiger partial charge is 0.417 e. The number of aromatic nitrogens is 1. The number of hydrogen-bond donors (Lipinski definition) is 2. The third kappa shape index (κ3) is 5.45. The molecule has 0 unspecified atom stereocenters. The first-order chi connectivity index (χ1) is 13.8. The molecule has 162 valence electrons. The van der Waals surface area contributed by atoms with Gasteiger partial charge in [0.25, 0.3) is 17.4 Å². The van der Waals surface area contributed by atoms with E-state index in [-0.39, 0.29) is 10.5 Å². The quantitative estimate of drug-likeness (QED) is 0.652. The van der Waals surface area contributed by atoms with Crippen molar-refractivity contribution in [3.63, 3.8) is 0 Å². The van der Waals surface area contributed by atoms with Gasteiger partial charge in [0.1, 0.15) is 6.54 Å². The highest BCUT2D eigenvalue weighted by molar-refractivity contribution is 7.89. The Hall–Kier alpha value is -3.19. The molecule has 0 saturated heterocycles. The molecular weight excluding hydrogens is 429 g/mol. The Balaban J connectivity index is 2.08. The number of pyridine rings is 1. The van der Waals surface area contributed by atoms with Crippen LogP contribution < -0.4 is 16.4 Å². The third-order valence-electron chi connectivity index (χ3n) is 3.81. The number of sulfonamides is 1. The molecule has 1 aromatic heterocycles. The maximum absolute atomic E-state index is 12.7. The number of hydrazine groups is 1. The van der Waals surface area contributed by atoms with Crippen LogP contribution in [0.1, 0.15) is 15.9 Å². The predicted molar refractivity (Wildman–Crippen MR) is 98.6 cm³/mol. The molecule has 1 heterocycles. The van der Waals surface area contributed by atoms with E-state index in [2.05, 4.69) is 0 Å². The Kier molecular flexibility index (Phi) is 6.67. The Morgan fingerprint density at radius 3 is 2.37 bits per heavy atom. The predicted octanol–water partition coefficient (Wildman–Crippen LogP) is 0.579. The van der Waals surface area contributed by atoms with Gasteiger partial charge in [0.15, 0.2) is 0 Å². The van der Waals surface area contributed by atoms with E-state index in [1.807, 2.05) is 10.9 Å². The molecule has 13 heteroatoms. The highest BCUT2D eigenvalue weighted by atomic mass is 32.2. The Bertz CT molecular complexity index is 1130. The molecule has 2 aromatic rings. The van der Waals surface area contributed by atoms with Gasteiger partial charge < -0.3 is 4.57 Å². The fourth-order valence-corrected chi connectivity index (χ4v) is 3.17.